The molecule has 4 heterocycles. The molecule has 0 amide bonds. The van der Waals surface area contributed by atoms with Crippen LogP contribution in [-0.4, -0.2) is 37.2 Å². The van der Waals surface area contributed by atoms with Crippen molar-refractivity contribution in [2.75, 3.05) is 7.11 Å². The third-order valence-electron chi connectivity index (χ3n) is 3.81. The normalized spacial score (nSPS) is 12.2. The summed E-state index contributed by atoms with van der Waals surface area (Å²) in [6, 6.07) is 7.36. The summed E-state index contributed by atoms with van der Waals surface area (Å²) in [6.45, 7) is 1.88. The van der Waals surface area contributed by atoms with Gasteiger partial charge in [0.25, 0.3) is 11.7 Å². The Balaban J connectivity index is 1.68. The standard InChI is InChI=1S/C17H15N5O3S/c1-11(25-13-6-10-26-14(13)15(23)24-2)12-5-7-18-16-19-17(20-22(12)16)21-8-3-4-9-21/h3-11H,1-2H3/t11-/m0/s1. The lowest BCUT2D eigenvalue weighted by Gasteiger charge is -2.15. The molecule has 0 radical (unpaired) electrons. The van der Waals surface area contributed by atoms with Gasteiger partial charge in [-0.05, 0) is 36.6 Å². The monoisotopic (exact) mass is 369 g/mol. The van der Waals surface area contributed by atoms with Crippen molar-refractivity contribution in [2.45, 2.75) is 13.0 Å². The van der Waals surface area contributed by atoms with Crippen LogP contribution in [0.25, 0.3) is 11.7 Å². The Labute approximate surface area is 152 Å². The van der Waals surface area contributed by atoms with Crippen LogP contribution in [0.4, 0.5) is 0 Å². The number of ether oxygens (including phenoxy) is 2. The fourth-order valence-electron chi connectivity index (χ4n) is 2.57. The lowest BCUT2D eigenvalue weighted by Crippen LogP contribution is -2.11. The molecule has 132 valence electrons. The van der Waals surface area contributed by atoms with Crippen molar-refractivity contribution in [3.63, 3.8) is 0 Å². The van der Waals surface area contributed by atoms with Crippen LogP contribution in [0.5, 0.6) is 5.75 Å². The second-order valence-electron chi connectivity index (χ2n) is 5.45. The van der Waals surface area contributed by atoms with Crippen LogP contribution >= 0.6 is 11.3 Å². The minimum Gasteiger partial charge on any atom is -0.483 e. The average molecular weight is 369 g/mol. The summed E-state index contributed by atoms with van der Waals surface area (Å²) in [5.41, 5.74) is 0.767. The summed E-state index contributed by atoms with van der Waals surface area (Å²) in [4.78, 5) is 20.9. The molecule has 0 unspecified atom stereocenters. The van der Waals surface area contributed by atoms with Gasteiger partial charge in [0.05, 0.1) is 12.8 Å². The highest BCUT2D eigenvalue weighted by Gasteiger charge is 2.20. The quantitative estimate of drug-likeness (QED) is 0.503. The van der Waals surface area contributed by atoms with Crippen LogP contribution in [0.15, 0.2) is 48.2 Å². The van der Waals surface area contributed by atoms with E-state index in [1.165, 1.54) is 18.4 Å². The molecule has 0 aliphatic heterocycles. The van der Waals surface area contributed by atoms with Crippen LogP contribution in [0, 0.1) is 0 Å². The molecule has 0 spiro atoms. The predicted octanol–water partition coefficient (Wildman–Crippen LogP) is 2.90. The Morgan fingerprint density at radius 3 is 2.85 bits per heavy atom. The Hall–Kier alpha value is -3.20. The highest BCUT2D eigenvalue weighted by molar-refractivity contribution is 7.12. The highest BCUT2D eigenvalue weighted by Crippen LogP contribution is 2.30. The van der Waals surface area contributed by atoms with E-state index in [0.29, 0.717) is 22.4 Å². The Morgan fingerprint density at radius 2 is 2.08 bits per heavy atom. The van der Waals surface area contributed by atoms with E-state index in [9.17, 15) is 4.79 Å². The summed E-state index contributed by atoms with van der Waals surface area (Å²) in [7, 11) is 1.35. The highest BCUT2D eigenvalue weighted by atomic mass is 32.1. The first kappa shape index (κ1) is 16.3. The Morgan fingerprint density at radius 1 is 1.27 bits per heavy atom. The maximum atomic E-state index is 11.8. The fourth-order valence-corrected chi connectivity index (χ4v) is 3.31. The van der Waals surface area contributed by atoms with Crippen molar-refractivity contribution in [1.82, 2.24) is 24.1 Å². The fraction of sp³-hybridized carbons (Fsp3) is 0.176. The average Bonchev–Trinajstić information content (AvgIpc) is 3.39. The lowest BCUT2D eigenvalue weighted by molar-refractivity contribution is 0.0599. The molecule has 9 heteroatoms. The molecule has 1 atom stereocenters. The van der Waals surface area contributed by atoms with Crippen molar-refractivity contribution in [1.29, 1.82) is 0 Å². The zero-order valence-corrected chi connectivity index (χ0v) is 14.9. The summed E-state index contributed by atoms with van der Waals surface area (Å²) in [5.74, 6) is 1.05. The number of hydrogen-bond donors (Lipinski definition) is 0. The van der Waals surface area contributed by atoms with E-state index in [2.05, 4.69) is 15.1 Å². The first-order chi connectivity index (χ1) is 12.7. The van der Waals surface area contributed by atoms with Gasteiger partial charge in [0.15, 0.2) is 4.88 Å². The maximum absolute atomic E-state index is 11.8. The van der Waals surface area contributed by atoms with E-state index >= 15 is 0 Å². The molecule has 4 aromatic heterocycles. The molecule has 0 fully saturated rings. The van der Waals surface area contributed by atoms with Crippen molar-refractivity contribution in [3.8, 4) is 11.7 Å². The molecule has 0 saturated heterocycles. The van der Waals surface area contributed by atoms with E-state index in [-0.39, 0.29) is 6.10 Å². The summed E-state index contributed by atoms with van der Waals surface area (Å²) in [5, 5.41) is 6.30. The van der Waals surface area contributed by atoms with Gasteiger partial charge in [-0.3, -0.25) is 4.57 Å². The maximum Gasteiger partial charge on any atom is 0.351 e. The number of carbonyl (C=O) groups is 1. The molecule has 0 bridgehead atoms. The van der Waals surface area contributed by atoms with Crippen LogP contribution in [0.1, 0.15) is 28.4 Å². The lowest BCUT2D eigenvalue weighted by atomic mass is 10.2. The number of fused-ring (bicyclic) bond motifs is 1. The molecule has 0 N–H and O–H groups in total. The molecule has 8 nitrogen and oxygen atoms in total. The molecule has 0 saturated carbocycles. The number of methoxy groups -OCH3 is 1. The van der Waals surface area contributed by atoms with Crippen LogP contribution in [-0.2, 0) is 4.74 Å². The Bertz CT molecular complexity index is 1050. The number of thiophene rings is 1. The zero-order chi connectivity index (χ0) is 18.1. The molecular weight excluding hydrogens is 354 g/mol. The van der Waals surface area contributed by atoms with Crippen LogP contribution in [0.2, 0.25) is 0 Å². The first-order valence-corrected chi connectivity index (χ1v) is 8.73. The van der Waals surface area contributed by atoms with Gasteiger partial charge in [-0.2, -0.15) is 9.50 Å². The van der Waals surface area contributed by atoms with Crippen LogP contribution in [0.3, 0.4) is 0 Å². The van der Waals surface area contributed by atoms with Gasteiger partial charge in [0, 0.05) is 18.6 Å². The van der Waals surface area contributed by atoms with Gasteiger partial charge in [-0.1, -0.05) is 0 Å². The topological polar surface area (TPSA) is 83.5 Å². The third kappa shape index (κ3) is 2.82. The van der Waals surface area contributed by atoms with Crippen molar-refractivity contribution < 1.29 is 14.3 Å². The van der Waals surface area contributed by atoms with E-state index < -0.39 is 5.97 Å². The summed E-state index contributed by atoms with van der Waals surface area (Å²) >= 11 is 1.28. The van der Waals surface area contributed by atoms with Gasteiger partial charge in [-0.15, -0.1) is 16.4 Å². The zero-order valence-electron chi connectivity index (χ0n) is 14.1. The first-order valence-electron chi connectivity index (χ1n) is 7.85. The van der Waals surface area contributed by atoms with Gasteiger partial charge in [0.1, 0.15) is 11.9 Å². The number of rotatable bonds is 5. The van der Waals surface area contributed by atoms with Crippen molar-refractivity contribution >= 4 is 23.1 Å². The van der Waals surface area contributed by atoms with Crippen LogP contribution < -0.4 is 4.74 Å². The van der Waals surface area contributed by atoms with Crippen molar-refractivity contribution in [2.24, 2.45) is 0 Å². The smallest absolute Gasteiger partial charge is 0.351 e. The van der Waals surface area contributed by atoms with Gasteiger partial charge in [-0.25, -0.2) is 9.78 Å². The molecule has 0 aliphatic carbocycles. The third-order valence-corrected chi connectivity index (χ3v) is 4.69. The Kier molecular flexibility index (Phi) is 4.13. The summed E-state index contributed by atoms with van der Waals surface area (Å²) < 4.78 is 14.2. The SMILES string of the molecule is COC(=O)c1sccc1O[C@@H](C)c1ccnc2nc(-n3cccc3)nn12. The number of carbonyl (C=O) groups excluding carboxylic acids is 1. The second kappa shape index (κ2) is 6.60. The largest absolute Gasteiger partial charge is 0.483 e. The van der Waals surface area contributed by atoms with E-state index in [1.807, 2.05) is 37.5 Å². The minimum absolute atomic E-state index is 0.377. The van der Waals surface area contributed by atoms with Crippen molar-refractivity contribution in [3.05, 3.63) is 58.8 Å². The number of hydrogen-bond acceptors (Lipinski definition) is 7. The molecule has 0 aliphatic rings. The molecular formula is C17H15N5O3S. The van der Waals surface area contributed by atoms with Gasteiger partial charge < -0.3 is 9.47 Å². The van der Waals surface area contributed by atoms with E-state index in [1.54, 1.807) is 26.7 Å². The molecule has 26 heavy (non-hydrogen) atoms. The number of esters is 1. The number of aromatic nitrogens is 5. The molecule has 0 aromatic carbocycles. The number of nitrogens with zero attached hydrogens (tertiary/aromatic N) is 5. The van der Waals surface area contributed by atoms with E-state index in [0.717, 1.165) is 5.69 Å². The predicted molar refractivity (Wildman–Crippen MR) is 94.8 cm³/mol. The molecule has 4 aromatic rings. The van der Waals surface area contributed by atoms with E-state index in [4.69, 9.17) is 9.47 Å². The second-order valence-corrected chi connectivity index (χ2v) is 6.37. The minimum atomic E-state index is -0.419. The summed E-state index contributed by atoms with van der Waals surface area (Å²) in [6.07, 6.45) is 5.01. The van der Waals surface area contributed by atoms with Gasteiger partial charge in [0.2, 0.25) is 0 Å². The molecule has 4 rings (SSSR count). The van der Waals surface area contributed by atoms with Gasteiger partial charge >= 0.3 is 5.97 Å².